The number of rotatable bonds is 3. The van der Waals surface area contributed by atoms with Crippen molar-refractivity contribution >= 4 is 33.0 Å². The number of fused-ring (bicyclic) bond motifs is 4. The molecule has 1 aromatic carbocycles. The standard InChI is InChI=1S/C21H19ClN2O3S2/c22-17-5-3-15(4-6-17)18-7-8-19(25)24-12-14-10-16(21(18)24)13-23(11-14)29(26,27)20-2-1-9-28-20/h1-9,14,16H,10-13H2. The molecule has 1 saturated heterocycles. The smallest absolute Gasteiger partial charge is 0.252 e. The third-order valence-corrected chi connectivity index (χ3v) is 9.26. The van der Waals surface area contributed by atoms with Crippen molar-refractivity contribution in [3.63, 3.8) is 0 Å². The van der Waals surface area contributed by atoms with Crippen LogP contribution in [-0.4, -0.2) is 30.4 Å². The van der Waals surface area contributed by atoms with Gasteiger partial charge in [-0.15, -0.1) is 11.3 Å². The Balaban J connectivity index is 1.59. The summed E-state index contributed by atoms with van der Waals surface area (Å²) in [6, 6.07) is 14.4. The van der Waals surface area contributed by atoms with Crippen LogP contribution in [0.1, 0.15) is 18.0 Å². The Kier molecular flexibility index (Phi) is 4.66. The van der Waals surface area contributed by atoms with Gasteiger partial charge in [0.2, 0.25) is 0 Å². The largest absolute Gasteiger partial charge is 0.311 e. The number of pyridine rings is 1. The van der Waals surface area contributed by atoms with E-state index in [0.717, 1.165) is 23.2 Å². The summed E-state index contributed by atoms with van der Waals surface area (Å²) in [6.45, 7) is 1.39. The van der Waals surface area contributed by atoms with Crippen LogP contribution in [-0.2, 0) is 16.6 Å². The zero-order valence-electron chi connectivity index (χ0n) is 15.5. The van der Waals surface area contributed by atoms with E-state index in [1.165, 1.54) is 11.3 Å². The van der Waals surface area contributed by atoms with E-state index in [1.54, 1.807) is 27.9 Å². The fourth-order valence-electron chi connectivity index (χ4n) is 4.58. The fraction of sp³-hybridized carbons (Fsp3) is 0.286. The SMILES string of the molecule is O=c1ccc(-c2ccc(Cl)cc2)c2n1CC1CC2CN(S(=O)(=O)c2cccs2)C1. The summed E-state index contributed by atoms with van der Waals surface area (Å²) in [6.07, 6.45) is 0.889. The molecular formula is C21H19ClN2O3S2. The lowest BCUT2D eigenvalue weighted by atomic mass is 9.81. The van der Waals surface area contributed by atoms with Gasteiger partial charge in [-0.1, -0.05) is 29.8 Å². The molecular weight excluding hydrogens is 428 g/mol. The van der Waals surface area contributed by atoms with Gasteiger partial charge >= 0.3 is 0 Å². The summed E-state index contributed by atoms with van der Waals surface area (Å²) >= 11 is 7.29. The third-order valence-electron chi connectivity index (χ3n) is 5.80. The van der Waals surface area contributed by atoms with E-state index < -0.39 is 10.0 Å². The second kappa shape index (κ2) is 7.09. The van der Waals surface area contributed by atoms with Crippen LogP contribution in [0.15, 0.2) is 62.9 Å². The molecule has 0 amide bonds. The lowest BCUT2D eigenvalue weighted by Crippen LogP contribution is -2.49. The third kappa shape index (κ3) is 3.26. The lowest BCUT2D eigenvalue weighted by Gasteiger charge is -2.42. The molecule has 1 fully saturated rings. The molecule has 0 N–H and O–H groups in total. The molecule has 150 valence electrons. The van der Waals surface area contributed by atoms with E-state index in [-0.39, 0.29) is 17.4 Å². The monoisotopic (exact) mass is 446 g/mol. The molecule has 0 aliphatic carbocycles. The van der Waals surface area contributed by atoms with Gasteiger partial charge in [0.1, 0.15) is 4.21 Å². The maximum absolute atomic E-state index is 13.1. The van der Waals surface area contributed by atoms with Crippen molar-refractivity contribution in [1.29, 1.82) is 0 Å². The molecule has 2 aromatic heterocycles. The number of benzene rings is 1. The predicted molar refractivity (Wildman–Crippen MR) is 115 cm³/mol. The number of sulfonamides is 1. The highest BCUT2D eigenvalue weighted by atomic mass is 35.5. The van der Waals surface area contributed by atoms with Crippen molar-refractivity contribution < 1.29 is 8.42 Å². The Bertz CT molecular complexity index is 1220. The normalized spacial score (nSPS) is 21.7. The molecule has 2 aliphatic heterocycles. The molecule has 29 heavy (non-hydrogen) atoms. The van der Waals surface area contributed by atoms with Gasteiger partial charge in [0, 0.05) is 47.9 Å². The molecule has 0 spiro atoms. The van der Waals surface area contributed by atoms with Crippen molar-refractivity contribution in [2.75, 3.05) is 13.1 Å². The van der Waals surface area contributed by atoms with E-state index in [1.807, 2.05) is 34.9 Å². The van der Waals surface area contributed by atoms with Gasteiger partial charge in [0.25, 0.3) is 15.6 Å². The van der Waals surface area contributed by atoms with Crippen molar-refractivity contribution in [1.82, 2.24) is 8.87 Å². The molecule has 4 heterocycles. The summed E-state index contributed by atoms with van der Waals surface area (Å²) in [7, 11) is -3.51. The van der Waals surface area contributed by atoms with Crippen LogP contribution in [0.2, 0.25) is 5.02 Å². The summed E-state index contributed by atoms with van der Waals surface area (Å²) < 4.78 is 30.0. The van der Waals surface area contributed by atoms with Crippen LogP contribution in [0.4, 0.5) is 0 Å². The highest BCUT2D eigenvalue weighted by Crippen LogP contribution is 2.41. The van der Waals surface area contributed by atoms with Crippen LogP contribution in [0.5, 0.6) is 0 Å². The van der Waals surface area contributed by atoms with E-state index in [0.29, 0.717) is 28.9 Å². The van der Waals surface area contributed by atoms with Gasteiger partial charge in [-0.2, -0.15) is 4.31 Å². The van der Waals surface area contributed by atoms with Crippen molar-refractivity contribution in [2.45, 2.75) is 23.1 Å². The first-order valence-corrected chi connectivity index (χ1v) is 12.2. The summed E-state index contributed by atoms with van der Waals surface area (Å²) in [4.78, 5) is 12.6. The zero-order valence-corrected chi connectivity index (χ0v) is 17.9. The Hall–Kier alpha value is -1.93. The first-order chi connectivity index (χ1) is 13.9. The predicted octanol–water partition coefficient (Wildman–Crippen LogP) is 4.04. The number of nitrogens with zero attached hydrogens (tertiary/aromatic N) is 2. The second-order valence-corrected chi connectivity index (χ2v) is 11.2. The average Bonchev–Trinajstić information content (AvgIpc) is 3.25. The van der Waals surface area contributed by atoms with E-state index in [2.05, 4.69) is 0 Å². The maximum atomic E-state index is 13.1. The number of aromatic nitrogens is 1. The minimum atomic E-state index is -3.51. The summed E-state index contributed by atoms with van der Waals surface area (Å²) in [5, 5.41) is 2.44. The van der Waals surface area contributed by atoms with E-state index in [4.69, 9.17) is 11.6 Å². The maximum Gasteiger partial charge on any atom is 0.252 e. The number of thiophene rings is 1. The van der Waals surface area contributed by atoms with Gasteiger partial charge in [-0.3, -0.25) is 4.79 Å². The topological polar surface area (TPSA) is 59.4 Å². The van der Waals surface area contributed by atoms with Crippen molar-refractivity contribution in [2.24, 2.45) is 5.92 Å². The highest BCUT2D eigenvalue weighted by molar-refractivity contribution is 7.91. The van der Waals surface area contributed by atoms with E-state index in [9.17, 15) is 13.2 Å². The van der Waals surface area contributed by atoms with Crippen LogP contribution in [0.3, 0.4) is 0 Å². The number of halogens is 1. The van der Waals surface area contributed by atoms with Crippen LogP contribution in [0.25, 0.3) is 11.1 Å². The number of piperidine rings is 1. The molecule has 5 nitrogen and oxygen atoms in total. The van der Waals surface area contributed by atoms with Gasteiger partial charge in [0.15, 0.2) is 0 Å². The first kappa shape index (κ1) is 19.1. The van der Waals surface area contributed by atoms with Gasteiger partial charge in [-0.05, 0) is 47.5 Å². The molecule has 0 radical (unpaired) electrons. The summed E-state index contributed by atoms with van der Waals surface area (Å²) in [5.74, 6) is 0.117. The minimum absolute atomic E-state index is 0.0168. The van der Waals surface area contributed by atoms with Crippen molar-refractivity contribution in [3.05, 3.63) is 75.0 Å². The van der Waals surface area contributed by atoms with E-state index >= 15 is 0 Å². The van der Waals surface area contributed by atoms with Gasteiger partial charge in [-0.25, -0.2) is 8.42 Å². The minimum Gasteiger partial charge on any atom is -0.311 e. The number of hydrogen-bond donors (Lipinski definition) is 0. The summed E-state index contributed by atoms with van der Waals surface area (Å²) in [5.41, 5.74) is 2.86. The Morgan fingerprint density at radius 3 is 2.52 bits per heavy atom. The molecule has 2 unspecified atom stereocenters. The van der Waals surface area contributed by atoms with Crippen LogP contribution in [0, 0.1) is 5.92 Å². The molecule has 3 aromatic rings. The molecule has 0 saturated carbocycles. The average molecular weight is 447 g/mol. The van der Waals surface area contributed by atoms with Crippen LogP contribution >= 0.6 is 22.9 Å². The number of hydrogen-bond acceptors (Lipinski definition) is 4. The molecule has 2 atom stereocenters. The van der Waals surface area contributed by atoms with Gasteiger partial charge in [0.05, 0.1) is 0 Å². The zero-order chi connectivity index (χ0) is 20.2. The fourth-order valence-corrected chi connectivity index (χ4v) is 7.41. The Morgan fingerprint density at radius 1 is 1.00 bits per heavy atom. The molecule has 8 heteroatoms. The Morgan fingerprint density at radius 2 is 1.79 bits per heavy atom. The second-order valence-electron chi connectivity index (χ2n) is 7.64. The molecule has 2 aliphatic rings. The quantitative estimate of drug-likeness (QED) is 0.610. The Labute approximate surface area is 178 Å². The lowest BCUT2D eigenvalue weighted by molar-refractivity contribution is 0.187. The molecule has 5 rings (SSSR count). The van der Waals surface area contributed by atoms with Crippen molar-refractivity contribution in [3.8, 4) is 11.1 Å². The molecule has 2 bridgehead atoms. The van der Waals surface area contributed by atoms with Crippen LogP contribution < -0.4 is 5.56 Å². The highest BCUT2D eigenvalue weighted by Gasteiger charge is 2.40. The van der Waals surface area contributed by atoms with Gasteiger partial charge < -0.3 is 4.57 Å². The first-order valence-electron chi connectivity index (χ1n) is 9.47.